The summed E-state index contributed by atoms with van der Waals surface area (Å²) in [5, 5.41) is 0.599. The molecular formula is C16H17ClFNO. The lowest BCUT2D eigenvalue weighted by Crippen LogP contribution is -2.18. The standard InChI is InChI=1S/C16H17ClFNO/c1-10-3-4-13(17)9-16(10)20-15-6-5-14(18)8-12(15)7-11(2)19/h3-6,8-9,11H,7,19H2,1-2H3. The molecule has 1 atom stereocenters. The van der Waals surface area contributed by atoms with E-state index in [-0.39, 0.29) is 11.9 Å². The molecule has 2 aromatic carbocycles. The quantitative estimate of drug-likeness (QED) is 0.902. The van der Waals surface area contributed by atoms with Gasteiger partial charge in [-0.3, -0.25) is 0 Å². The molecule has 2 nitrogen and oxygen atoms in total. The fourth-order valence-corrected chi connectivity index (χ4v) is 2.12. The second-order valence-electron chi connectivity index (χ2n) is 4.95. The van der Waals surface area contributed by atoms with Crippen molar-refractivity contribution >= 4 is 11.6 Å². The van der Waals surface area contributed by atoms with E-state index in [0.717, 1.165) is 11.1 Å². The van der Waals surface area contributed by atoms with Crippen LogP contribution < -0.4 is 10.5 Å². The first kappa shape index (κ1) is 14.8. The van der Waals surface area contributed by atoms with Gasteiger partial charge in [0.1, 0.15) is 17.3 Å². The number of hydrogen-bond acceptors (Lipinski definition) is 2. The number of halogens is 2. The third kappa shape index (κ3) is 3.71. The Bertz CT molecular complexity index is 613. The zero-order valence-corrected chi connectivity index (χ0v) is 12.2. The fourth-order valence-electron chi connectivity index (χ4n) is 1.96. The van der Waals surface area contributed by atoms with Gasteiger partial charge in [0.15, 0.2) is 0 Å². The van der Waals surface area contributed by atoms with Crippen LogP contribution in [-0.4, -0.2) is 6.04 Å². The Morgan fingerprint density at radius 2 is 1.95 bits per heavy atom. The third-order valence-electron chi connectivity index (χ3n) is 2.93. The summed E-state index contributed by atoms with van der Waals surface area (Å²) in [4.78, 5) is 0. The van der Waals surface area contributed by atoms with Crippen LogP contribution in [0.1, 0.15) is 18.1 Å². The summed E-state index contributed by atoms with van der Waals surface area (Å²) in [6, 6.07) is 9.81. The number of ether oxygens (including phenoxy) is 1. The predicted molar refractivity (Wildman–Crippen MR) is 80.0 cm³/mol. The van der Waals surface area contributed by atoms with Crippen LogP contribution in [0.4, 0.5) is 4.39 Å². The van der Waals surface area contributed by atoms with Gasteiger partial charge in [0.25, 0.3) is 0 Å². The highest BCUT2D eigenvalue weighted by atomic mass is 35.5. The molecule has 0 saturated carbocycles. The van der Waals surface area contributed by atoms with Gasteiger partial charge in [0.05, 0.1) is 0 Å². The van der Waals surface area contributed by atoms with E-state index in [2.05, 4.69) is 0 Å². The Labute approximate surface area is 123 Å². The monoisotopic (exact) mass is 293 g/mol. The summed E-state index contributed by atoms with van der Waals surface area (Å²) >= 11 is 5.97. The van der Waals surface area contributed by atoms with E-state index in [4.69, 9.17) is 22.1 Å². The molecule has 0 radical (unpaired) electrons. The van der Waals surface area contributed by atoms with Crippen LogP contribution in [0.5, 0.6) is 11.5 Å². The van der Waals surface area contributed by atoms with Gasteiger partial charge in [-0.2, -0.15) is 0 Å². The Balaban J connectivity index is 2.35. The second kappa shape index (κ2) is 6.25. The van der Waals surface area contributed by atoms with E-state index in [9.17, 15) is 4.39 Å². The van der Waals surface area contributed by atoms with Gasteiger partial charge in [0.2, 0.25) is 0 Å². The minimum absolute atomic E-state index is 0.0698. The van der Waals surface area contributed by atoms with Gasteiger partial charge in [-0.1, -0.05) is 17.7 Å². The average molecular weight is 294 g/mol. The zero-order chi connectivity index (χ0) is 14.7. The lowest BCUT2D eigenvalue weighted by atomic mass is 10.1. The van der Waals surface area contributed by atoms with Crippen molar-refractivity contribution in [2.45, 2.75) is 26.3 Å². The first-order valence-corrected chi connectivity index (χ1v) is 6.81. The number of benzene rings is 2. The van der Waals surface area contributed by atoms with Crippen molar-refractivity contribution in [3.05, 3.63) is 58.4 Å². The SMILES string of the molecule is Cc1ccc(Cl)cc1Oc1ccc(F)cc1CC(C)N. The molecule has 0 aliphatic heterocycles. The van der Waals surface area contributed by atoms with Gasteiger partial charge in [-0.15, -0.1) is 0 Å². The Morgan fingerprint density at radius 1 is 1.20 bits per heavy atom. The van der Waals surface area contributed by atoms with Gasteiger partial charge in [0, 0.05) is 11.1 Å². The Morgan fingerprint density at radius 3 is 2.65 bits per heavy atom. The normalized spacial score (nSPS) is 12.2. The topological polar surface area (TPSA) is 35.2 Å². The Hall–Kier alpha value is -1.58. The van der Waals surface area contributed by atoms with Gasteiger partial charge >= 0.3 is 0 Å². The molecule has 0 amide bonds. The van der Waals surface area contributed by atoms with Crippen molar-refractivity contribution in [1.29, 1.82) is 0 Å². The molecule has 20 heavy (non-hydrogen) atoms. The largest absolute Gasteiger partial charge is 0.457 e. The molecule has 0 aliphatic rings. The fraction of sp³-hybridized carbons (Fsp3) is 0.250. The molecule has 106 valence electrons. The van der Waals surface area contributed by atoms with Crippen LogP contribution >= 0.6 is 11.6 Å². The highest BCUT2D eigenvalue weighted by Gasteiger charge is 2.10. The van der Waals surface area contributed by atoms with E-state index in [1.165, 1.54) is 12.1 Å². The molecule has 2 N–H and O–H groups in total. The summed E-state index contributed by atoms with van der Waals surface area (Å²) < 4.78 is 19.2. The van der Waals surface area contributed by atoms with Crippen LogP contribution in [0.2, 0.25) is 5.02 Å². The molecular weight excluding hydrogens is 277 g/mol. The van der Waals surface area contributed by atoms with Crippen molar-refractivity contribution in [1.82, 2.24) is 0 Å². The van der Waals surface area contributed by atoms with Crippen molar-refractivity contribution in [2.75, 3.05) is 0 Å². The lowest BCUT2D eigenvalue weighted by molar-refractivity contribution is 0.468. The van der Waals surface area contributed by atoms with E-state index in [1.54, 1.807) is 18.2 Å². The van der Waals surface area contributed by atoms with E-state index in [0.29, 0.717) is 22.9 Å². The summed E-state index contributed by atoms with van der Waals surface area (Å²) in [5.41, 5.74) is 7.50. The highest BCUT2D eigenvalue weighted by molar-refractivity contribution is 6.30. The molecule has 0 spiro atoms. The van der Waals surface area contributed by atoms with Crippen LogP contribution in [0.3, 0.4) is 0 Å². The van der Waals surface area contributed by atoms with Crippen LogP contribution in [-0.2, 0) is 6.42 Å². The number of hydrogen-bond donors (Lipinski definition) is 1. The molecule has 0 fully saturated rings. The average Bonchev–Trinajstić information content (AvgIpc) is 2.36. The van der Waals surface area contributed by atoms with E-state index < -0.39 is 0 Å². The van der Waals surface area contributed by atoms with Crippen molar-refractivity contribution in [2.24, 2.45) is 5.73 Å². The summed E-state index contributed by atoms with van der Waals surface area (Å²) in [5.74, 6) is 0.972. The minimum Gasteiger partial charge on any atom is -0.457 e. The maximum atomic E-state index is 13.4. The Kier molecular flexibility index (Phi) is 4.63. The number of aryl methyl sites for hydroxylation is 1. The van der Waals surface area contributed by atoms with Gasteiger partial charge < -0.3 is 10.5 Å². The number of rotatable bonds is 4. The molecule has 1 unspecified atom stereocenters. The first-order chi connectivity index (χ1) is 9.45. The van der Waals surface area contributed by atoms with Gasteiger partial charge in [-0.25, -0.2) is 4.39 Å². The maximum Gasteiger partial charge on any atom is 0.131 e. The van der Waals surface area contributed by atoms with Crippen molar-refractivity contribution < 1.29 is 9.13 Å². The third-order valence-corrected chi connectivity index (χ3v) is 3.17. The lowest BCUT2D eigenvalue weighted by Gasteiger charge is -2.14. The number of nitrogens with two attached hydrogens (primary N) is 1. The van der Waals surface area contributed by atoms with Crippen molar-refractivity contribution in [3.63, 3.8) is 0 Å². The first-order valence-electron chi connectivity index (χ1n) is 6.43. The molecule has 2 aromatic rings. The predicted octanol–water partition coefficient (Wildman–Crippen LogP) is 4.47. The molecule has 0 aliphatic carbocycles. The summed E-state index contributed by atoms with van der Waals surface area (Å²) in [6.07, 6.45) is 0.548. The highest BCUT2D eigenvalue weighted by Crippen LogP contribution is 2.31. The molecule has 2 rings (SSSR count). The summed E-state index contributed by atoms with van der Waals surface area (Å²) in [6.45, 7) is 3.81. The summed E-state index contributed by atoms with van der Waals surface area (Å²) in [7, 11) is 0. The molecule has 0 heterocycles. The van der Waals surface area contributed by atoms with E-state index >= 15 is 0 Å². The van der Waals surface area contributed by atoms with Crippen LogP contribution in [0.15, 0.2) is 36.4 Å². The zero-order valence-electron chi connectivity index (χ0n) is 11.5. The van der Waals surface area contributed by atoms with Crippen LogP contribution in [0.25, 0.3) is 0 Å². The molecule has 0 bridgehead atoms. The second-order valence-corrected chi connectivity index (χ2v) is 5.38. The minimum atomic E-state index is -0.296. The maximum absolute atomic E-state index is 13.4. The van der Waals surface area contributed by atoms with Crippen molar-refractivity contribution in [3.8, 4) is 11.5 Å². The smallest absolute Gasteiger partial charge is 0.131 e. The molecule has 4 heteroatoms. The molecule has 0 saturated heterocycles. The van der Waals surface area contributed by atoms with Gasteiger partial charge in [-0.05, 0) is 61.7 Å². The van der Waals surface area contributed by atoms with E-state index in [1.807, 2.05) is 19.9 Å². The molecule has 0 aromatic heterocycles. The van der Waals surface area contributed by atoms with Crippen LogP contribution in [0, 0.1) is 12.7 Å².